The number of H-pyrrole nitrogens is 1. The molecule has 0 aliphatic heterocycles. The van der Waals surface area contributed by atoms with Gasteiger partial charge in [-0.1, -0.05) is 18.2 Å². The minimum absolute atomic E-state index is 0.0860. The Morgan fingerprint density at radius 2 is 1.67 bits per heavy atom. The first-order valence-electron chi connectivity index (χ1n) is 8.98. The van der Waals surface area contributed by atoms with Crippen molar-refractivity contribution in [3.05, 3.63) is 84.3 Å². The Morgan fingerprint density at radius 3 is 2.40 bits per heavy atom. The van der Waals surface area contributed by atoms with E-state index in [1.54, 1.807) is 30.7 Å². The fourth-order valence-corrected chi connectivity index (χ4v) is 2.56. The van der Waals surface area contributed by atoms with Gasteiger partial charge in [-0.15, -0.1) is 0 Å². The molecule has 2 aromatic heterocycles. The summed E-state index contributed by atoms with van der Waals surface area (Å²) in [5.74, 6) is 0.0751. The predicted molar refractivity (Wildman–Crippen MR) is 111 cm³/mol. The number of para-hydroxylation sites is 1. The molecule has 0 spiro atoms. The molecule has 8 heteroatoms. The van der Waals surface area contributed by atoms with Crippen LogP contribution in [0.15, 0.2) is 78.0 Å². The number of aromatic nitrogens is 2. The van der Waals surface area contributed by atoms with Crippen molar-refractivity contribution in [1.29, 1.82) is 0 Å². The second kappa shape index (κ2) is 12.2. The normalized spacial score (nSPS) is 10.1. The monoisotopic (exact) mass is 442 g/mol. The van der Waals surface area contributed by atoms with Crippen LogP contribution in [-0.2, 0) is 27.5 Å². The molecule has 153 valence electrons. The summed E-state index contributed by atoms with van der Waals surface area (Å²) in [6.45, 7) is 0.672. The molecule has 4 aromatic rings. The third-order valence-electron chi connectivity index (χ3n) is 4.04. The van der Waals surface area contributed by atoms with E-state index in [-0.39, 0.29) is 17.2 Å². The van der Waals surface area contributed by atoms with Gasteiger partial charge in [-0.25, -0.2) is 0 Å². The van der Waals surface area contributed by atoms with Crippen LogP contribution in [0.5, 0.6) is 17.2 Å². The average Bonchev–Trinajstić information content (AvgIpc) is 3.22. The zero-order valence-corrected chi connectivity index (χ0v) is 17.4. The van der Waals surface area contributed by atoms with Gasteiger partial charge in [-0.05, 0) is 36.4 Å². The predicted octanol–water partition coefficient (Wildman–Crippen LogP) is 3.91. The first-order valence-corrected chi connectivity index (χ1v) is 9.55. The van der Waals surface area contributed by atoms with E-state index in [1.807, 2.05) is 36.4 Å². The van der Waals surface area contributed by atoms with E-state index in [4.69, 9.17) is 13.9 Å². The Balaban J connectivity index is 0.000000212. The summed E-state index contributed by atoms with van der Waals surface area (Å²) in [5.41, 5.74) is 2.59. The summed E-state index contributed by atoms with van der Waals surface area (Å²) in [6.07, 6.45) is 6.04. The van der Waals surface area contributed by atoms with Gasteiger partial charge in [0.25, 0.3) is 0 Å². The van der Waals surface area contributed by atoms with Gasteiger partial charge in [0.15, 0.2) is 11.5 Å². The molecule has 30 heavy (non-hydrogen) atoms. The van der Waals surface area contributed by atoms with Crippen molar-refractivity contribution < 1.29 is 36.4 Å². The molecule has 0 saturated heterocycles. The number of nitrogens with one attached hydrogen (secondary N) is 1. The van der Waals surface area contributed by atoms with Crippen LogP contribution in [0.4, 0.5) is 0 Å². The van der Waals surface area contributed by atoms with E-state index < -0.39 is 0 Å². The number of nitrogens with zero attached hydrogens (tertiary/aromatic N) is 2. The van der Waals surface area contributed by atoms with Crippen molar-refractivity contribution in [3.8, 4) is 17.2 Å². The quantitative estimate of drug-likeness (QED) is 0.282. The van der Waals surface area contributed by atoms with Gasteiger partial charge in [0.1, 0.15) is 5.75 Å². The van der Waals surface area contributed by atoms with E-state index in [0.29, 0.717) is 6.54 Å². The van der Waals surface area contributed by atoms with Crippen molar-refractivity contribution in [2.75, 3.05) is 6.54 Å². The van der Waals surface area contributed by atoms with Crippen LogP contribution in [0.3, 0.4) is 0 Å². The van der Waals surface area contributed by atoms with Crippen molar-refractivity contribution in [2.24, 2.45) is 4.99 Å². The van der Waals surface area contributed by atoms with Crippen molar-refractivity contribution in [2.45, 2.75) is 6.42 Å². The van der Waals surface area contributed by atoms with Crippen LogP contribution < -0.4 is 0 Å². The molecule has 0 unspecified atom stereocenters. The van der Waals surface area contributed by atoms with Crippen molar-refractivity contribution in [1.82, 2.24) is 9.97 Å². The fourth-order valence-electron chi connectivity index (χ4n) is 2.56. The molecule has 2 heterocycles. The van der Waals surface area contributed by atoms with E-state index in [0.717, 1.165) is 46.0 Å². The Morgan fingerprint density at radius 1 is 0.933 bits per heavy atom. The molecule has 0 radical (unpaired) electrons. The number of phenolic OH excluding ortho intramolecular Hbond substituents is 3. The van der Waals surface area contributed by atoms with Crippen LogP contribution in [-0.4, -0.2) is 38.0 Å². The van der Waals surface area contributed by atoms with E-state index in [2.05, 4.69) is 15.0 Å². The Labute approximate surface area is 183 Å². The Hall–Kier alpha value is -3.42. The summed E-state index contributed by atoms with van der Waals surface area (Å²) < 4.78 is 8.19. The average molecular weight is 442 g/mol. The first-order chi connectivity index (χ1) is 14.6. The zero-order chi connectivity index (χ0) is 21.8. The third-order valence-corrected chi connectivity index (χ3v) is 4.04. The number of hydrogen-bond donors (Lipinski definition) is 4. The number of rotatable bonds is 4. The van der Waals surface area contributed by atoms with Crippen LogP contribution in [0.25, 0.3) is 10.9 Å². The fraction of sp³-hybridized carbons (Fsp3) is 0.0909. The van der Waals surface area contributed by atoms with Gasteiger partial charge < -0.3 is 20.3 Å². The summed E-state index contributed by atoms with van der Waals surface area (Å²) in [5, 5.41) is 28.5. The summed E-state index contributed by atoms with van der Waals surface area (Å²) in [4.78, 5) is 11.4. The van der Waals surface area contributed by atoms with Crippen molar-refractivity contribution in [3.63, 3.8) is 0 Å². The van der Waals surface area contributed by atoms with Gasteiger partial charge in [-0.3, -0.25) is 9.98 Å². The summed E-state index contributed by atoms with van der Waals surface area (Å²) in [6, 6.07) is 17.8. The van der Waals surface area contributed by atoms with Crippen LogP contribution in [0.1, 0.15) is 11.3 Å². The third kappa shape index (κ3) is 6.88. The van der Waals surface area contributed by atoms with E-state index in [1.165, 1.54) is 12.1 Å². The molecule has 0 atom stereocenters. The van der Waals surface area contributed by atoms with Gasteiger partial charge in [-0.2, -0.15) is 0 Å². The molecule has 0 aliphatic carbocycles. The minimum atomic E-state index is -0.0973. The number of aromatic hydroxyl groups is 3. The topological polar surface area (TPSA) is 119 Å². The standard InChI is InChI=1S/C14H14N2O.C8H7NO2.O.V/c17-14-7-2-1-5-12(14)11-15-10-8-13-6-3-4-9-16-13;10-7-3-5-1-2-9-6(5)4-8(7)11;;/h1-7,9,11,17H,8,10H2;1-4,9-11H;;. The Bertz CT molecular complexity index is 1050. The molecule has 7 nitrogen and oxygen atoms in total. The molecular formula is C22H21N3O4V. The van der Waals surface area contributed by atoms with Gasteiger partial charge in [0.2, 0.25) is 0 Å². The van der Waals surface area contributed by atoms with Gasteiger partial charge in [0.05, 0.1) is 0 Å². The van der Waals surface area contributed by atoms with Crippen LogP contribution in [0, 0.1) is 0 Å². The second-order valence-electron chi connectivity index (χ2n) is 6.07. The van der Waals surface area contributed by atoms with E-state index in [9.17, 15) is 5.11 Å². The number of aliphatic imine (C=N–C) groups is 1. The number of phenols is 3. The van der Waals surface area contributed by atoms with Crippen LogP contribution >= 0.6 is 0 Å². The molecule has 0 bridgehead atoms. The molecule has 4 rings (SSSR count). The van der Waals surface area contributed by atoms with Crippen molar-refractivity contribution >= 4 is 17.1 Å². The summed E-state index contributed by atoms with van der Waals surface area (Å²) >= 11 is 1.06. The molecule has 0 amide bonds. The van der Waals surface area contributed by atoms with Crippen LogP contribution in [0.2, 0.25) is 0 Å². The molecule has 0 fully saturated rings. The maximum absolute atomic E-state index is 9.52. The van der Waals surface area contributed by atoms with E-state index >= 15 is 0 Å². The van der Waals surface area contributed by atoms with Gasteiger partial charge in [0, 0.05) is 59.8 Å². The molecule has 2 aromatic carbocycles. The molecular weight excluding hydrogens is 421 g/mol. The SMILES string of the molecule is Oc1cc2cc[nH]c2cc1O.Oc1ccccc1C=NCCc1ccccn1.[O]=[V]. The number of pyridine rings is 1. The molecule has 0 saturated carbocycles. The molecule has 0 aliphatic rings. The molecule has 4 N–H and O–H groups in total. The first kappa shape index (κ1) is 22.9. The number of aromatic amines is 1. The zero-order valence-electron chi connectivity index (χ0n) is 16.0. The summed E-state index contributed by atoms with van der Waals surface area (Å²) in [7, 11) is 0. The number of hydrogen-bond acceptors (Lipinski definition) is 6. The Kier molecular flexibility index (Phi) is 9.31. The number of fused-ring (bicyclic) bond motifs is 1. The maximum atomic E-state index is 9.52. The second-order valence-corrected chi connectivity index (χ2v) is 6.07. The van der Waals surface area contributed by atoms with Gasteiger partial charge >= 0.3 is 21.0 Å². The number of benzene rings is 2.